The summed E-state index contributed by atoms with van der Waals surface area (Å²) in [6, 6.07) is 11.7. The highest BCUT2D eigenvalue weighted by molar-refractivity contribution is 9.10. The molecule has 2 aliphatic heterocycles. The van der Waals surface area contributed by atoms with Gasteiger partial charge in [-0.05, 0) is 31.5 Å². The molecule has 2 aromatic carbocycles. The van der Waals surface area contributed by atoms with Gasteiger partial charge < -0.3 is 9.47 Å². The zero-order chi connectivity index (χ0) is 27.0. The summed E-state index contributed by atoms with van der Waals surface area (Å²) in [5.41, 5.74) is -2.30. The van der Waals surface area contributed by atoms with Crippen molar-refractivity contribution in [2.24, 2.45) is 4.99 Å². The highest BCUT2D eigenvalue weighted by atomic mass is 79.9. The molecule has 1 N–H and O–H groups in total. The Kier molecular flexibility index (Phi) is 7.55. The highest BCUT2D eigenvalue weighted by Crippen LogP contribution is 2.61. The topological polar surface area (TPSA) is 94.1 Å². The molecule has 37 heavy (non-hydrogen) atoms. The zero-order valence-electron chi connectivity index (χ0n) is 19.7. The Morgan fingerprint density at radius 3 is 2.11 bits per heavy atom. The van der Waals surface area contributed by atoms with Crippen molar-refractivity contribution in [3.05, 3.63) is 70.2 Å². The van der Waals surface area contributed by atoms with E-state index in [0.29, 0.717) is 21.8 Å². The van der Waals surface area contributed by atoms with Gasteiger partial charge in [-0.15, -0.1) is 0 Å². The van der Waals surface area contributed by atoms with Gasteiger partial charge in [0.1, 0.15) is 11.1 Å². The highest BCUT2D eigenvalue weighted by Gasteiger charge is 2.81. The van der Waals surface area contributed by atoms with Crippen LogP contribution in [0.15, 0.2) is 64.1 Å². The summed E-state index contributed by atoms with van der Waals surface area (Å²) in [4.78, 5) is 45.1. The molecule has 1 amide bonds. The Labute approximate surface area is 223 Å². The van der Waals surface area contributed by atoms with Gasteiger partial charge in [0.05, 0.1) is 13.2 Å². The van der Waals surface area contributed by atoms with Crippen LogP contribution in [-0.2, 0) is 23.9 Å². The molecule has 0 aliphatic carbocycles. The Morgan fingerprint density at radius 2 is 1.59 bits per heavy atom. The molecule has 4 rings (SSSR count). The van der Waals surface area contributed by atoms with Crippen LogP contribution < -0.4 is 5.32 Å². The van der Waals surface area contributed by atoms with E-state index < -0.39 is 46.3 Å². The number of hydrogen-bond acceptors (Lipinski definition) is 7. The van der Waals surface area contributed by atoms with Crippen LogP contribution in [0.1, 0.15) is 30.9 Å². The van der Waals surface area contributed by atoms with E-state index in [1.165, 1.54) is 38.1 Å². The van der Waals surface area contributed by atoms with Crippen molar-refractivity contribution in [3.63, 3.8) is 0 Å². The molecule has 3 atom stereocenters. The molecule has 2 aliphatic rings. The van der Waals surface area contributed by atoms with Gasteiger partial charge in [-0.3, -0.25) is 10.1 Å². The predicted molar refractivity (Wildman–Crippen MR) is 134 cm³/mol. The Bertz CT molecular complexity index is 1220. The smallest absolute Gasteiger partial charge is 0.404 e. The average molecular weight is 599 g/mol. The van der Waals surface area contributed by atoms with Gasteiger partial charge >= 0.3 is 18.1 Å². The van der Waals surface area contributed by atoms with E-state index in [2.05, 4.69) is 26.2 Å². The third-order valence-corrected chi connectivity index (χ3v) is 8.35. The van der Waals surface area contributed by atoms with E-state index in [1.54, 1.807) is 30.3 Å². The number of amides is 1. The van der Waals surface area contributed by atoms with E-state index in [1.807, 2.05) is 0 Å². The maximum absolute atomic E-state index is 14.7. The number of aliphatic imine (C=N–C) groups is 1. The third kappa shape index (κ3) is 4.38. The monoisotopic (exact) mass is 598 g/mol. The van der Waals surface area contributed by atoms with Crippen molar-refractivity contribution in [1.29, 1.82) is 0 Å². The summed E-state index contributed by atoms with van der Waals surface area (Å²) < 4.78 is 52.5. The molecule has 2 aromatic rings. The molecule has 1 fully saturated rings. The number of nitrogens with zero attached hydrogens (tertiary/aromatic N) is 1. The van der Waals surface area contributed by atoms with Gasteiger partial charge in [0.25, 0.3) is 5.91 Å². The maximum atomic E-state index is 14.7. The number of esters is 2. The second kappa shape index (κ2) is 10.2. The van der Waals surface area contributed by atoms with Crippen LogP contribution in [0.3, 0.4) is 0 Å². The van der Waals surface area contributed by atoms with Crippen LogP contribution in [0.2, 0.25) is 0 Å². The molecule has 12 heteroatoms. The lowest BCUT2D eigenvalue weighted by molar-refractivity contribution is -0.172. The second-order valence-electron chi connectivity index (χ2n) is 8.31. The van der Waals surface area contributed by atoms with Crippen LogP contribution >= 0.6 is 27.7 Å². The number of benzene rings is 2. The van der Waals surface area contributed by atoms with E-state index >= 15 is 0 Å². The number of nitrogens with one attached hydrogen (secondary N) is 1. The van der Waals surface area contributed by atoms with Gasteiger partial charge in [-0.1, -0.05) is 70.2 Å². The summed E-state index contributed by atoms with van der Waals surface area (Å²) in [6.07, 6.45) is -4.97. The lowest BCUT2D eigenvalue weighted by Crippen LogP contribution is -2.70. The summed E-state index contributed by atoms with van der Waals surface area (Å²) in [5.74, 6) is -5.48. The fourth-order valence-electron chi connectivity index (χ4n) is 4.77. The standard InChI is InChI=1S/C25H22BrF3N2O5S/c1-3-35-21(33)23(22(34)36-4-2)24(20(32)30-19(37-24)15-8-6-5-7-9-15)17(18(31-23)25(27,28)29)14-10-12-16(26)13-11-14/h5-13,17-18,31H,3-4H2,1-2H3/t17-,18+,24+/m0/s1. The lowest BCUT2D eigenvalue weighted by Gasteiger charge is -2.38. The van der Waals surface area contributed by atoms with Crippen molar-refractivity contribution >= 4 is 50.6 Å². The number of halogens is 4. The van der Waals surface area contributed by atoms with Crippen LogP contribution in [-0.4, -0.2) is 58.6 Å². The van der Waals surface area contributed by atoms with Gasteiger partial charge in [0.2, 0.25) is 5.54 Å². The molecule has 1 saturated heterocycles. The zero-order valence-corrected chi connectivity index (χ0v) is 22.1. The average Bonchev–Trinajstić information content (AvgIpc) is 3.37. The van der Waals surface area contributed by atoms with Crippen LogP contribution in [0.4, 0.5) is 13.2 Å². The lowest BCUT2D eigenvalue weighted by atomic mass is 9.73. The van der Waals surface area contributed by atoms with Crippen LogP contribution in [0.5, 0.6) is 0 Å². The molecular formula is C25H22BrF3N2O5S. The van der Waals surface area contributed by atoms with Crippen molar-refractivity contribution in [2.45, 2.75) is 42.3 Å². The van der Waals surface area contributed by atoms with Gasteiger partial charge in [-0.25, -0.2) is 14.6 Å². The van der Waals surface area contributed by atoms with Gasteiger partial charge in [0.15, 0.2) is 4.75 Å². The minimum atomic E-state index is -4.97. The fourth-order valence-corrected chi connectivity index (χ4v) is 6.64. The first-order valence-electron chi connectivity index (χ1n) is 11.3. The number of carbonyl (C=O) groups is 3. The van der Waals surface area contributed by atoms with Crippen molar-refractivity contribution in [3.8, 4) is 0 Å². The van der Waals surface area contributed by atoms with E-state index in [9.17, 15) is 27.6 Å². The number of carbonyl (C=O) groups excluding carboxylic acids is 3. The van der Waals surface area contributed by atoms with Crippen LogP contribution in [0.25, 0.3) is 0 Å². The second-order valence-corrected chi connectivity index (χ2v) is 10.5. The minimum absolute atomic E-state index is 0.0790. The predicted octanol–water partition coefficient (Wildman–Crippen LogP) is 4.39. The fraction of sp³-hybridized carbons (Fsp3) is 0.360. The first kappa shape index (κ1) is 27.3. The molecule has 7 nitrogen and oxygen atoms in total. The molecule has 0 unspecified atom stereocenters. The molecular weight excluding hydrogens is 577 g/mol. The van der Waals surface area contributed by atoms with Gasteiger partial charge in [0, 0.05) is 16.0 Å². The molecule has 0 bridgehead atoms. The third-order valence-electron chi connectivity index (χ3n) is 6.24. The van der Waals surface area contributed by atoms with Crippen LogP contribution in [0, 0.1) is 0 Å². The number of alkyl halides is 3. The Balaban J connectivity index is 2.04. The Hall–Kier alpha value is -2.70. The minimum Gasteiger partial charge on any atom is -0.464 e. The molecule has 2 heterocycles. The SMILES string of the molecule is CCOC(=O)C1(C(=O)OCC)N[C@@H](C(F)(F)F)[C@H](c2ccc(Br)cc2)[C@]12SC(c1ccccc1)=NC2=O. The molecule has 0 radical (unpaired) electrons. The van der Waals surface area contributed by atoms with Crippen molar-refractivity contribution in [1.82, 2.24) is 5.32 Å². The van der Waals surface area contributed by atoms with Crippen molar-refractivity contribution in [2.75, 3.05) is 13.2 Å². The van der Waals surface area contributed by atoms with E-state index in [-0.39, 0.29) is 23.8 Å². The summed E-state index contributed by atoms with van der Waals surface area (Å²) in [5, 5.41) is 2.29. The van der Waals surface area contributed by atoms with Gasteiger partial charge in [-0.2, -0.15) is 13.2 Å². The largest absolute Gasteiger partial charge is 0.464 e. The quantitative estimate of drug-likeness (QED) is 0.389. The summed E-state index contributed by atoms with van der Waals surface area (Å²) >= 11 is 3.91. The van der Waals surface area contributed by atoms with E-state index in [4.69, 9.17) is 9.47 Å². The first-order valence-corrected chi connectivity index (χ1v) is 13.0. The molecule has 1 spiro atoms. The number of thioether (sulfide) groups is 1. The number of rotatable bonds is 6. The molecule has 0 saturated carbocycles. The van der Waals surface area contributed by atoms with Crippen molar-refractivity contribution < 1.29 is 37.0 Å². The Morgan fingerprint density at radius 1 is 1.03 bits per heavy atom. The summed E-state index contributed by atoms with van der Waals surface area (Å²) in [7, 11) is 0. The normalized spacial score (nSPS) is 24.7. The van der Waals surface area contributed by atoms with E-state index in [0.717, 1.165) is 0 Å². The number of hydrogen-bond donors (Lipinski definition) is 1. The first-order chi connectivity index (χ1) is 17.5. The molecule has 196 valence electrons. The summed E-state index contributed by atoms with van der Waals surface area (Å²) in [6.45, 7) is 2.40. The number of ether oxygens (including phenoxy) is 2. The molecule has 0 aromatic heterocycles. The maximum Gasteiger partial charge on any atom is 0.404 e.